The summed E-state index contributed by atoms with van der Waals surface area (Å²) in [4.78, 5) is 29.2. The third-order valence-electron chi connectivity index (χ3n) is 4.53. The molecule has 1 aromatic carbocycles. The fraction of sp³-hybridized carbons (Fsp3) is 0.412. The molecule has 1 fully saturated rings. The maximum Gasteiger partial charge on any atom is 0.323 e. The average molecular weight is 299 g/mol. The van der Waals surface area contributed by atoms with Crippen LogP contribution in [0.2, 0.25) is 0 Å². The third kappa shape index (κ3) is 2.71. The normalized spacial score (nSPS) is 17.1. The number of benzene rings is 1. The van der Waals surface area contributed by atoms with Gasteiger partial charge in [-0.05, 0) is 25.3 Å². The molecule has 1 heterocycles. The number of amides is 1. The molecule has 0 saturated heterocycles. The number of H-pyrrole nitrogens is 2. The SMILES string of the molecule is Cc1[nH]c(=O)[nH]c1C(=O)NC1(c2ccccc2)CCCCC1. The van der Waals surface area contributed by atoms with Crippen molar-refractivity contribution < 1.29 is 4.79 Å². The van der Waals surface area contributed by atoms with E-state index in [0.29, 0.717) is 11.4 Å². The summed E-state index contributed by atoms with van der Waals surface area (Å²) in [6.07, 6.45) is 5.24. The molecule has 1 aromatic heterocycles. The summed E-state index contributed by atoms with van der Waals surface area (Å²) in [5.41, 5.74) is 1.35. The molecule has 116 valence electrons. The second-order valence-electron chi connectivity index (χ2n) is 6.04. The zero-order valence-electron chi connectivity index (χ0n) is 12.7. The summed E-state index contributed by atoms with van der Waals surface area (Å²) in [6.45, 7) is 1.73. The molecule has 0 atom stereocenters. The fourth-order valence-corrected chi connectivity index (χ4v) is 3.38. The van der Waals surface area contributed by atoms with E-state index in [4.69, 9.17) is 0 Å². The van der Waals surface area contributed by atoms with Crippen molar-refractivity contribution in [2.45, 2.75) is 44.6 Å². The highest BCUT2D eigenvalue weighted by Gasteiger charge is 2.36. The Balaban J connectivity index is 1.92. The van der Waals surface area contributed by atoms with Crippen molar-refractivity contribution in [3.63, 3.8) is 0 Å². The lowest BCUT2D eigenvalue weighted by atomic mass is 9.76. The molecule has 0 bridgehead atoms. The van der Waals surface area contributed by atoms with E-state index in [-0.39, 0.29) is 17.1 Å². The van der Waals surface area contributed by atoms with Crippen molar-refractivity contribution >= 4 is 5.91 Å². The molecule has 3 rings (SSSR count). The predicted molar refractivity (Wildman–Crippen MR) is 84.8 cm³/mol. The first kappa shape index (κ1) is 14.6. The quantitative estimate of drug-likeness (QED) is 0.814. The summed E-state index contributed by atoms with van der Waals surface area (Å²) in [5.74, 6) is -0.221. The molecule has 5 heteroatoms. The molecule has 1 aliphatic rings. The zero-order valence-corrected chi connectivity index (χ0v) is 12.7. The third-order valence-corrected chi connectivity index (χ3v) is 4.53. The second kappa shape index (κ2) is 5.83. The maximum absolute atomic E-state index is 12.6. The Hall–Kier alpha value is -2.30. The van der Waals surface area contributed by atoms with Crippen LogP contribution in [0.4, 0.5) is 0 Å². The Morgan fingerprint density at radius 1 is 1.09 bits per heavy atom. The van der Waals surface area contributed by atoms with Crippen LogP contribution in [-0.2, 0) is 5.54 Å². The minimum atomic E-state index is -0.347. The van der Waals surface area contributed by atoms with Crippen LogP contribution in [-0.4, -0.2) is 15.9 Å². The van der Waals surface area contributed by atoms with Crippen LogP contribution in [0.3, 0.4) is 0 Å². The molecule has 0 spiro atoms. The molecule has 1 saturated carbocycles. The summed E-state index contributed by atoms with van der Waals surface area (Å²) < 4.78 is 0. The van der Waals surface area contributed by atoms with Crippen LogP contribution >= 0.6 is 0 Å². The van der Waals surface area contributed by atoms with Gasteiger partial charge in [0.15, 0.2) is 0 Å². The Morgan fingerprint density at radius 2 is 1.77 bits per heavy atom. The lowest BCUT2D eigenvalue weighted by molar-refractivity contribution is 0.0860. The predicted octanol–water partition coefficient (Wildman–Crippen LogP) is 2.60. The van der Waals surface area contributed by atoms with E-state index in [1.54, 1.807) is 6.92 Å². The summed E-state index contributed by atoms with van der Waals surface area (Å²) in [6, 6.07) is 10.1. The molecule has 3 N–H and O–H groups in total. The number of nitrogens with one attached hydrogen (secondary N) is 3. The number of carbonyl (C=O) groups excluding carboxylic acids is 1. The van der Waals surface area contributed by atoms with Gasteiger partial charge in [-0.25, -0.2) is 4.79 Å². The second-order valence-corrected chi connectivity index (χ2v) is 6.04. The van der Waals surface area contributed by atoms with Crippen LogP contribution in [0.1, 0.15) is 53.8 Å². The van der Waals surface area contributed by atoms with Gasteiger partial charge in [0.1, 0.15) is 5.69 Å². The van der Waals surface area contributed by atoms with E-state index in [9.17, 15) is 9.59 Å². The van der Waals surface area contributed by atoms with Gasteiger partial charge in [0.05, 0.1) is 5.54 Å². The molecular formula is C17H21N3O2. The molecular weight excluding hydrogens is 278 g/mol. The molecule has 2 aromatic rings. The molecule has 0 aliphatic heterocycles. The molecule has 1 amide bonds. The van der Waals surface area contributed by atoms with Crippen LogP contribution in [0.25, 0.3) is 0 Å². The van der Waals surface area contributed by atoms with E-state index in [0.717, 1.165) is 31.2 Å². The lowest BCUT2D eigenvalue weighted by Crippen LogP contribution is -2.47. The number of rotatable bonds is 3. The van der Waals surface area contributed by atoms with Crippen molar-refractivity contribution in [2.24, 2.45) is 0 Å². The number of carbonyl (C=O) groups is 1. The molecule has 0 unspecified atom stereocenters. The Labute approximate surface area is 129 Å². The van der Waals surface area contributed by atoms with Crippen LogP contribution in [0.15, 0.2) is 35.1 Å². The highest BCUT2D eigenvalue weighted by atomic mass is 16.2. The number of aromatic nitrogens is 2. The van der Waals surface area contributed by atoms with E-state index in [2.05, 4.69) is 27.4 Å². The molecule has 0 radical (unpaired) electrons. The first-order chi connectivity index (χ1) is 10.6. The number of hydrogen-bond acceptors (Lipinski definition) is 2. The molecule has 22 heavy (non-hydrogen) atoms. The Morgan fingerprint density at radius 3 is 2.36 bits per heavy atom. The first-order valence-corrected chi connectivity index (χ1v) is 7.78. The van der Waals surface area contributed by atoms with Gasteiger partial charge in [-0.15, -0.1) is 0 Å². The molecule has 1 aliphatic carbocycles. The van der Waals surface area contributed by atoms with Gasteiger partial charge < -0.3 is 15.3 Å². The van der Waals surface area contributed by atoms with Crippen LogP contribution in [0.5, 0.6) is 0 Å². The average Bonchev–Trinajstić information content (AvgIpc) is 2.88. The van der Waals surface area contributed by atoms with Gasteiger partial charge in [-0.3, -0.25) is 4.79 Å². The smallest absolute Gasteiger partial charge is 0.323 e. The van der Waals surface area contributed by atoms with Crippen LogP contribution in [0, 0.1) is 6.92 Å². The van der Waals surface area contributed by atoms with Crippen molar-refractivity contribution in [3.8, 4) is 0 Å². The number of aryl methyl sites for hydroxylation is 1. The summed E-state index contributed by atoms with van der Waals surface area (Å²) in [5, 5.41) is 3.19. The van der Waals surface area contributed by atoms with E-state index in [1.165, 1.54) is 6.42 Å². The van der Waals surface area contributed by atoms with E-state index < -0.39 is 0 Å². The van der Waals surface area contributed by atoms with Gasteiger partial charge in [0.25, 0.3) is 5.91 Å². The summed E-state index contributed by atoms with van der Waals surface area (Å²) >= 11 is 0. The first-order valence-electron chi connectivity index (χ1n) is 7.78. The van der Waals surface area contributed by atoms with Crippen molar-refractivity contribution in [2.75, 3.05) is 0 Å². The standard InChI is InChI=1S/C17H21N3O2/c1-12-14(19-16(22)18-12)15(21)20-17(10-6-3-7-11-17)13-8-4-2-5-9-13/h2,4-5,8-9H,3,6-7,10-11H2,1H3,(H,20,21)(H2,18,19,22). The number of aromatic amines is 2. The number of hydrogen-bond donors (Lipinski definition) is 3. The maximum atomic E-state index is 12.6. The topological polar surface area (TPSA) is 77.8 Å². The van der Waals surface area contributed by atoms with Crippen molar-refractivity contribution in [1.29, 1.82) is 0 Å². The van der Waals surface area contributed by atoms with Crippen molar-refractivity contribution in [1.82, 2.24) is 15.3 Å². The monoisotopic (exact) mass is 299 g/mol. The van der Waals surface area contributed by atoms with Crippen LogP contribution < -0.4 is 11.0 Å². The molecule has 5 nitrogen and oxygen atoms in total. The minimum absolute atomic E-state index is 0.221. The number of imidazole rings is 1. The highest BCUT2D eigenvalue weighted by molar-refractivity contribution is 5.93. The van der Waals surface area contributed by atoms with E-state index >= 15 is 0 Å². The zero-order chi connectivity index (χ0) is 15.6. The largest absolute Gasteiger partial charge is 0.341 e. The van der Waals surface area contributed by atoms with Gasteiger partial charge in [-0.1, -0.05) is 49.6 Å². The van der Waals surface area contributed by atoms with Crippen molar-refractivity contribution in [3.05, 3.63) is 57.8 Å². The van der Waals surface area contributed by atoms with Gasteiger partial charge in [-0.2, -0.15) is 0 Å². The lowest BCUT2D eigenvalue weighted by Gasteiger charge is -2.38. The highest BCUT2D eigenvalue weighted by Crippen LogP contribution is 2.37. The van der Waals surface area contributed by atoms with Gasteiger partial charge >= 0.3 is 5.69 Å². The minimum Gasteiger partial charge on any atom is -0.341 e. The summed E-state index contributed by atoms with van der Waals surface area (Å²) in [7, 11) is 0. The fourth-order valence-electron chi connectivity index (χ4n) is 3.38. The van der Waals surface area contributed by atoms with Gasteiger partial charge in [0.2, 0.25) is 0 Å². The Kier molecular flexibility index (Phi) is 3.88. The van der Waals surface area contributed by atoms with Gasteiger partial charge in [0, 0.05) is 5.69 Å². The Bertz CT molecular complexity index is 709. The van der Waals surface area contributed by atoms with E-state index in [1.807, 2.05) is 18.2 Å².